The fourth-order valence-electron chi connectivity index (χ4n) is 5.10. The second-order valence-corrected chi connectivity index (χ2v) is 8.24. The summed E-state index contributed by atoms with van der Waals surface area (Å²) in [7, 11) is 0. The first-order valence-electron chi connectivity index (χ1n) is 10.1. The number of rotatable bonds is 2. The van der Waals surface area contributed by atoms with Gasteiger partial charge in [-0.1, -0.05) is 25.0 Å². The summed E-state index contributed by atoms with van der Waals surface area (Å²) in [5, 5.41) is 3.01. The lowest BCUT2D eigenvalue weighted by atomic mass is 9.99. The number of hydrogen-bond donors (Lipinski definition) is 1. The molecule has 0 unspecified atom stereocenters. The lowest BCUT2D eigenvalue weighted by Gasteiger charge is -2.33. The zero-order valence-corrected chi connectivity index (χ0v) is 15.7. The minimum absolute atomic E-state index is 0.0366. The van der Waals surface area contributed by atoms with Gasteiger partial charge in [0.05, 0.1) is 23.7 Å². The van der Waals surface area contributed by atoms with Crippen molar-refractivity contribution in [3.8, 4) is 0 Å². The number of halogens is 3. The average Bonchev–Trinajstić information content (AvgIpc) is 3.26. The maximum Gasteiger partial charge on any atom is 0.416 e. The summed E-state index contributed by atoms with van der Waals surface area (Å²) in [6, 6.07) is 4.53. The number of nitrogens with one attached hydrogen (secondary N) is 1. The predicted molar refractivity (Wildman–Crippen MR) is 97.2 cm³/mol. The molecule has 3 aliphatic rings. The zero-order chi connectivity index (χ0) is 19.9. The first-order valence-corrected chi connectivity index (χ1v) is 10.1. The Morgan fingerprint density at radius 3 is 2.57 bits per heavy atom. The van der Waals surface area contributed by atoms with Crippen molar-refractivity contribution >= 4 is 11.8 Å². The van der Waals surface area contributed by atoms with Crippen molar-refractivity contribution < 1.29 is 22.8 Å². The number of amides is 2. The molecule has 0 bridgehead atoms. The van der Waals surface area contributed by atoms with Crippen LogP contribution < -0.4 is 5.32 Å². The van der Waals surface area contributed by atoms with Gasteiger partial charge < -0.3 is 10.2 Å². The van der Waals surface area contributed by atoms with E-state index in [1.165, 1.54) is 6.07 Å². The van der Waals surface area contributed by atoms with Gasteiger partial charge >= 0.3 is 6.18 Å². The minimum Gasteiger partial charge on any atom is -0.351 e. The average molecular weight is 394 g/mol. The number of fused-ring (bicyclic) bond motifs is 1. The van der Waals surface area contributed by atoms with E-state index in [9.17, 15) is 22.8 Å². The Labute approximate surface area is 162 Å². The van der Waals surface area contributed by atoms with Crippen LogP contribution in [-0.4, -0.2) is 28.8 Å². The molecule has 2 aliphatic heterocycles. The quantitative estimate of drug-likeness (QED) is 0.817. The number of carbonyl (C=O) groups excluding carboxylic acids is 2. The number of carbonyl (C=O) groups is 2. The molecule has 1 aliphatic carbocycles. The van der Waals surface area contributed by atoms with Crippen LogP contribution in [0.25, 0.3) is 0 Å². The lowest BCUT2D eigenvalue weighted by molar-refractivity contribution is -0.139. The third kappa shape index (κ3) is 3.63. The molecule has 2 heterocycles. The van der Waals surface area contributed by atoms with E-state index < -0.39 is 17.8 Å². The van der Waals surface area contributed by atoms with Gasteiger partial charge in [0.1, 0.15) is 0 Å². The van der Waals surface area contributed by atoms with Crippen LogP contribution in [0, 0.1) is 5.92 Å². The molecule has 1 aromatic carbocycles. The van der Waals surface area contributed by atoms with Crippen molar-refractivity contribution in [3.63, 3.8) is 0 Å². The molecule has 2 saturated heterocycles. The van der Waals surface area contributed by atoms with Crippen LogP contribution in [0.3, 0.4) is 0 Å². The molecule has 0 radical (unpaired) electrons. The van der Waals surface area contributed by atoms with E-state index in [2.05, 4.69) is 5.32 Å². The molecule has 1 saturated carbocycles. The van der Waals surface area contributed by atoms with E-state index in [-0.39, 0.29) is 29.8 Å². The number of alkyl halides is 3. The summed E-state index contributed by atoms with van der Waals surface area (Å²) in [4.78, 5) is 27.2. The molecule has 3 fully saturated rings. The van der Waals surface area contributed by atoms with Crippen LogP contribution in [0.15, 0.2) is 24.3 Å². The normalized spacial score (nSPS) is 28.8. The van der Waals surface area contributed by atoms with Gasteiger partial charge in [-0.25, -0.2) is 0 Å². The number of likely N-dealkylation sites (tertiary alicyclic amines) is 1. The largest absolute Gasteiger partial charge is 0.416 e. The van der Waals surface area contributed by atoms with Gasteiger partial charge in [-0.3, -0.25) is 9.59 Å². The van der Waals surface area contributed by atoms with Crippen LogP contribution in [0.4, 0.5) is 13.2 Å². The minimum atomic E-state index is -4.42. The van der Waals surface area contributed by atoms with Crippen LogP contribution >= 0.6 is 0 Å². The van der Waals surface area contributed by atoms with Gasteiger partial charge in [-0.05, 0) is 49.8 Å². The van der Waals surface area contributed by atoms with Crippen molar-refractivity contribution in [1.29, 1.82) is 0 Å². The molecule has 0 spiro atoms. The number of benzene rings is 1. The highest BCUT2D eigenvalue weighted by Gasteiger charge is 2.47. The highest BCUT2D eigenvalue weighted by atomic mass is 19.4. The first kappa shape index (κ1) is 19.3. The summed E-state index contributed by atoms with van der Waals surface area (Å²) in [6.07, 6.45) is 1.60. The van der Waals surface area contributed by atoms with E-state index in [1.807, 2.05) is 4.90 Å². The van der Waals surface area contributed by atoms with Crippen molar-refractivity contribution in [3.05, 3.63) is 35.4 Å². The van der Waals surface area contributed by atoms with E-state index in [4.69, 9.17) is 0 Å². The summed E-state index contributed by atoms with van der Waals surface area (Å²) < 4.78 is 39.7. The Bertz CT molecular complexity index is 758. The van der Waals surface area contributed by atoms with Crippen LogP contribution in [0.5, 0.6) is 0 Å². The fraction of sp³-hybridized carbons (Fsp3) is 0.619. The first-order chi connectivity index (χ1) is 13.3. The van der Waals surface area contributed by atoms with Crippen molar-refractivity contribution in [1.82, 2.24) is 10.2 Å². The highest BCUT2D eigenvalue weighted by Crippen LogP contribution is 2.43. The second kappa shape index (κ2) is 7.41. The molecule has 0 aromatic heterocycles. The molecular formula is C21H25F3N2O2. The van der Waals surface area contributed by atoms with Crippen LogP contribution in [0.1, 0.15) is 68.5 Å². The standard InChI is InChI=1S/C21H25F3N2O2/c22-21(23,24)15-8-3-7-14(11-15)18-12-16-17(9-4-10-19(27)25-16)26(18)20(28)13-5-1-2-6-13/h3,7-8,11,13,16-18H,1-2,4-6,9-10,12H2,(H,25,27)/t16-,17+,18+/m1/s1. The van der Waals surface area contributed by atoms with Crippen molar-refractivity contribution in [2.24, 2.45) is 5.92 Å². The van der Waals surface area contributed by atoms with Gasteiger partial charge in [0.25, 0.3) is 0 Å². The Hall–Kier alpha value is -2.05. The highest BCUT2D eigenvalue weighted by molar-refractivity contribution is 5.81. The van der Waals surface area contributed by atoms with Gasteiger partial charge in [0.2, 0.25) is 11.8 Å². The third-order valence-electron chi connectivity index (χ3n) is 6.44. The molecule has 152 valence electrons. The van der Waals surface area contributed by atoms with E-state index in [0.717, 1.165) is 37.8 Å². The Balaban J connectivity index is 1.69. The van der Waals surface area contributed by atoms with Crippen LogP contribution in [-0.2, 0) is 15.8 Å². The molecule has 28 heavy (non-hydrogen) atoms. The fourth-order valence-corrected chi connectivity index (χ4v) is 5.10. The van der Waals surface area contributed by atoms with Crippen LogP contribution in [0.2, 0.25) is 0 Å². The number of nitrogens with zero attached hydrogens (tertiary/aromatic N) is 1. The van der Waals surface area contributed by atoms with Crippen molar-refractivity contribution in [2.45, 2.75) is 75.7 Å². The smallest absolute Gasteiger partial charge is 0.351 e. The van der Waals surface area contributed by atoms with Gasteiger partial charge in [0, 0.05) is 12.3 Å². The maximum atomic E-state index is 13.4. The Kier molecular flexibility index (Phi) is 5.10. The SMILES string of the molecule is O=C1CCC[C@H]2[C@@H](C[C@@H](c3cccc(C(F)(F)F)c3)N2C(=O)C2CCCC2)N1. The van der Waals surface area contributed by atoms with E-state index >= 15 is 0 Å². The van der Waals surface area contributed by atoms with Gasteiger partial charge in [-0.2, -0.15) is 13.2 Å². The molecule has 7 heteroatoms. The van der Waals surface area contributed by atoms with E-state index in [1.54, 1.807) is 6.07 Å². The van der Waals surface area contributed by atoms with Gasteiger partial charge in [0.15, 0.2) is 0 Å². The molecule has 1 aromatic rings. The molecule has 1 N–H and O–H groups in total. The monoisotopic (exact) mass is 394 g/mol. The molecule has 3 atom stereocenters. The predicted octanol–water partition coefficient (Wildman–Crippen LogP) is 4.21. The molecule has 4 rings (SSSR count). The molecule has 2 amide bonds. The van der Waals surface area contributed by atoms with E-state index in [0.29, 0.717) is 31.2 Å². The van der Waals surface area contributed by atoms with Crippen molar-refractivity contribution in [2.75, 3.05) is 0 Å². The van der Waals surface area contributed by atoms with Gasteiger partial charge in [-0.15, -0.1) is 0 Å². The molecule has 4 nitrogen and oxygen atoms in total. The summed E-state index contributed by atoms with van der Waals surface area (Å²) in [5.41, 5.74) is -0.196. The summed E-state index contributed by atoms with van der Waals surface area (Å²) >= 11 is 0. The maximum absolute atomic E-state index is 13.4. The summed E-state index contributed by atoms with van der Waals surface area (Å²) in [5.74, 6) is -0.0416. The lowest BCUT2D eigenvalue weighted by Crippen LogP contribution is -2.46. The Morgan fingerprint density at radius 2 is 1.86 bits per heavy atom. The zero-order valence-electron chi connectivity index (χ0n) is 15.7. The topological polar surface area (TPSA) is 49.4 Å². The Morgan fingerprint density at radius 1 is 1.11 bits per heavy atom. The second-order valence-electron chi connectivity index (χ2n) is 8.24. The number of hydrogen-bond acceptors (Lipinski definition) is 2. The molecular weight excluding hydrogens is 369 g/mol. The summed E-state index contributed by atoms with van der Waals surface area (Å²) in [6.45, 7) is 0. The third-order valence-corrected chi connectivity index (χ3v) is 6.44.